The Morgan fingerprint density at radius 2 is 1.84 bits per heavy atom. The number of imide groups is 1. The number of nitrogens with one attached hydrogen (secondary N) is 1. The Labute approximate surface area is 140 Å². The molecule has 2 aromatic rings. The third-order valence-corrected chi connectivity index (χ3v) is 4.01. The molecule has 0 aliphatic carbocycles. The second-order valence-corrected chi connectivity index (χ2v) is 5.86. The van der Waals surface area contributed by atoms with Gasteiger partial charge in [-0.25, -0.2) is 9.78 Å². The molecule has 1 aliphatic heterocycles. The van der Waals surface area contributed by atoms with Crippen LogP contribution in [0.15, 0.2) is 30.6 Å². The van der Waals surface area contributed by atoms with Gasteiger partial charge in [0.2, 0.25) is 0 Å². The molecule has 3 amide bonds. The maximum atomic E-state index is 12.7. The average Bonchev–Trinajstić information content (AvgIpc) is 3.04. The molecule has 1 saturated heterocycles. The predicted molar refractivity (Wildman–Crippen MR) is 78.9 cm³/mol. The molecular weight excluding hydrogens is 339 g/mol. The van der Waals surface area contributed by atoms with Crippen molar-refractivity contribution in [3.05, 3.63) is 47.5 Å². The molecule has 3 rings (SSSR count). The van der Waals surface area contributed by atoms with Crippen molar-refractivity contribution in [1.82, 2.24) is 25.0 Å². The molecule has 1 fully saturated rings. The number of carbonyl (C=O) groups excluding carboxylic acids is 2. The summed E-state index contributed by atoms with van der Waals surface area (Å²) in [6.07, 6.45) is -3.04. The number of rotatable bonds is 3. The smallest absolute Gasteiger partial charge is 0.319 e. The van der Waals surface area contributed by atoms with Gasteiger partial charge < -0.3 is 5.32 Å². The molecule has 1 N–H and O–H groups in total. The van der Waals surface area contributed by atoms with Crippen molar-refractivity contribution in [2.45, 2.75) is 25.2 Å². The van der Waals surface area contributed by atoms with Gasteiger partial charge in [-0.2, -0.15) is 18.3 Å². The van der Waals surface area contributed by atoms with E-state index in [1.807, 2.05) is 0 Å². The van der Waals surface area contributed by atoms with E-state index in [2.05, 4.69) is 15.4 Å². The Kier molecular flexibility index (Phi) is 3.77. The Balaban J connectivity index is 1.86. The lowest BCUT2D eigenvalue weighted by atomic mass is 9.91. The third kappa shape index (κ3) is 2.94. The molecule has 1 aromatic carbocycles. The van der Waals surface area contributed by atoms with Crippen molar-refractivity contribution in [3.63, 3.8) is 0 Å². The summed E-state index contributed by atoms with van der Waals surface area (Å²) >= 11 is 0. The number of nitrogens with zero attached hydrogens (tertiary/aromatic N) is 4. The monoisotopic (exact) mass is 353 g/mol. The molecule has 25 heavy (non-hydrogen) atoms. The van der Waals surface area contributed by atoms with E-state index in [4.69, 9.17) is 0 Å². The molecule has 2 heterocycles. The van der Waals surface area contributed by atoms with E-state index in [0.29, 0.717) is 0 Å². The highest BCUT2D eigenvalue weighted by Crippen LogP contribution is 2.33. The van der Waals surface area contributed by atoms with Gasteiger partial charge in [0.05, 0.1) is 12.1 Å². The normalized spacial score (nSPS) is 20.9. The number of aryl methyl sites for hydroxylation is 1. The Bertz CT molecular complexity index is 830. The highest BCUT2D eigenvalue weighted by molar-refractivity contribution is 6.07. The number of aromatic nitrogens is 3. The van der Waals surface area contributed by atoms with Gasteiger partial charge in [-0.1, -0.05) is 12.1 Å². The molecule has 132 valence electrons. The number of urea groups is 1. The van der Waals surface area contributed by atoms with Gasteiger partial charge in [0.25, 0.3) is 5.91 Å². The van der Waals surface area contributed by atoms with E-state index < -0.39 is 29.2 Å². The topological polar surface area (TPSA) is 80.1 Å². The zero-order valence-electron chi connectivity index (χ0n) is 13.3. The van der Waals surface area contributed by atoms with Crippen LogP contribution in [0, 0.1) is 0 Å². The zero-order chi connectivity index (χ0) is 18.4. The highest BCUT2D eigenvalue weighted by atomic mass is 19.4. The Hall–Kier alpha value is -2.91. The van der Waals surface area contributed by atoms with E-state index in [1.165, 1.54) is 30.1 Å². The van der Waals surface area contributed by atoms with Crippen LogP contribution in [0.3, 0.4) is 0 Å². The first-order valence-corrected chi connectivity index (χ1v) is 7.27. The van der Waals surface area contributed by atoms with Gasteiger partial charge in [0.15, 0.2) is 5.82 Å². The number of halogens is 3. The molecule has 1 unspecified atom stereocenters. The standard InChI is InChI=1S/C15H14F3N5O2/c1-14(9-3-5-10(6-4-9)15(16,17)18)12(24)23(13(25)20-14)7-11-19-8-22(2)21-11/h3-6,8H,7H2,1-2H3,(H,20,25). The first-order chi connectivity index (χ1) is 11.6. The Morgan fingerprint density at radius 1 is 1.20 bits per heavy atom. The fourth-order valence-corrected chi connectivity index (χ4v) is 2.63. The second kappa shape index (κ2) is 5.57. The molecular formula is C15H14F3N5O2. The van der Waals surface area contributed by atoms with Crippen LogP contribution in [-0.2, 0) is 30.1 Å². The minimum atomic E-state index is -4.47. The van der Waals surface area contributed by atoms with Crippen molar-refractivity contribution in [2.75, 3.05) is 0 Å². The van der Waals surface area contributed by atoms with Crippen LogP contribution in [0.25, 0.3) is 0 Å². The predicted octanol–water partition coefficient (Wildman–Crippen LogP) is 1.80. The zero-order valence-corrected chi connectivity index (χ0v) is 13.3. The largest absolute Gasteiger partial charge is 0.416 e. The molecule has 10 heteroatoms. The van der Waals surface area contributed by atoms with Crippen molar-refractivity contribution >= 4 is 11.9 Å². The summed E-state index contributed by atoms with van der Waals surface area (Å²) in [5.74, 6) is -0.299. The molecule has 0 saturated carbocycles. The van der Waals surface area contributed by atoms with Crippen molar-refractivity contribution in [1.29, 1.82) is 0 Å². The van der Waals surface area contributed by atoms with E-state index in [1.54, 1.807) is 7.05 Å². The van der Waals surface area contributed by atoms with E-state index in [-0.39, 0.29) is 17.9 Å². The van der Waals surface area contributed by atoms with E-state index >= 15 is 0 Å². The minimum Gasteiger partial charge on any atom is -0.319 e. The van der Waals surface area contributed by atoms with Crippen LogP contribution < -0.4 is 5.32 Å². The second-order valence-electron chi connectivity index (χ2n) is 5.86. The lowest BCUT2D eigenvalue weighted by Gasteiger charge is -2.22. The molecule has 0 bridgehead atoms. The number of hydrogen-bond acceptors (Lipinski definition) is 4. The van der Waals surface area contributed by atoms with Crippen LogP contribution >= 0.6 is 0 Å². The van der Waals surface area contributed by atoms with Crippen molar-refractivity contribution in [2.24, 2.45) is 7.05 Å². The maximum absolute atomic E-state index is 12.7. The first-order valence-electron chi connectivity index (χ1n) is 7.27. The van der Waals surface area contributed by atoms with Gasteiger partial charge in [0, 0.05) is 7.05 Å². The first kappa shape index (κ1) is 16.9. The van der Waals surface area contributed by atoms with E-state index in [0.717, 1.165) is 17.0 Å². The summed E-state index contributed by atoms with van der Waals surface area (Å²) in [4.78, 5) is 29.7. The summed E-state index contributed by atoms with van der Waals surface area (Å²) in [6, 6.07) is 3.47. The van der Waals surface area contributed by atoms with Crippen LogP contribution in [0.1, 0.15) is 23.9 Å². The molecule has 1 aliphatic rings. The third-order valence-electron chi connectivity index (χ3n) is 4.01. The molecule has 1 atom stereocenters. The Morgan fingerprint density at radius 3 is 2.36 bits per heavy atom. The van der Waals surface area contributed by atoms with E-state index in [9.17, 15) is 22.8 Å². The van der Waals surface area contributed by atoms with Crippen molar-refractivity contribution in [3.8, 4) is 0 Å². The summed E-state index contributed by atoms with van der Waals surface area (Å²) < 4.78 is 39.5. The van der Waals surface area contributed by atoms with Gasteiger partial charge in [-0.3, -0.25) is 14.4 Å². The summed E-state index contributed by atoms with van der Waals surface area (Å²) in [5.41, 5.74) is -2.02. The lowest BCUT2D eigenvalue weighted by molar-refractivity contribution is -0.137. The quantitative estimate of drug-likeness (QED) is 0.854. The fraction of sp³-hybridized carbons (Fsp3) is 0.333. The molecule has 0 radical (unpaired) electrons. The maximum Gasteiger partial charge on any atom is 0.416 e. The number of hydrogen-bond donors (Lipinski definition) is 1. The van der Waals surface area contributed by atoms with Crippen LogP contribution in [0.4, 0.5) is 18.0 Å². The van der Waals surface area contributed by atoms with Gasteiger partial charge in [-0.05, 0) is 24.6 Å². The minimum absolute atomic E-state index is 0.123. The number of amides is 3. The fourth-order valence-electron chi connectivity index (χ4n) is 2.63. The SMILES string of the molecule is Cn1cnc(CN2C(=O)NC(C)(c3ccc(C(F)(F)F)cc3)C2=O)n1. The molecule has 1 aromatic heterocycles. The number of alkyl halides is 3. The summed E-state index contributed by atoms with van der Waals surface area (Å²) in [7, 11) is 1.65. The molecule has 7 nitrogen and oxygen atoms in total. The summed E-state index contributed by atoms with van der Waals surface area (Å²) in [5, 5.41) is 6.53. The van der Waals surface area contributed by atoms with Crippen LogP contribution in [0.2, 0.25) is 0 Å². The average molecular weight is 353 g/mol. The van der Waals surface area contributed by atoms with Crippen LogP contribution in [-0.4, -0.2) is 31.6 Å². The van der Waals surface area contributed by atoms with Gasteiger partial charge in [-0.15, -0.1) is 0 Å². The van der Waals surface area contributed by atoms with Crippen LogP contribution in [0.5, 0.6) is 0 Å². The number of benzene rings is 1. The lowest BCUT2D eigenvalue weighted by Crippen LogP contribution is -2.40. The van der Waals surface area contributed by atoms with Gasteiger partial charge >= 0.3 is 12.2 Å². The summed E-state index contributed by atoms with van der Waals surface area (Å²) in [6.45, 7) is 1.32. The van der Waals surface area contributed by atoms with Gasteiger partial charge in [0.1, 0.15) is 11.9 Å². The van der Waals surface area contributed by atoms with Crippen molar-refractivity contribution < 1.29 is 22.8 Å². The number of carbonyl (C=O) groups is 2. The molecule has 0 spiro atoms. The highest BCUT2D eigenvalue weighted by Gasteiger charge is 2.49.